The van der Waals surface area contributed by atoms with Crippen molar-refractivity contribution in [2.75, 3.05) is 26.3 Å². The van der Waals surface area contributed by atoms with Crippen molar-refractivity contribution in [2.45, 2.75) is 13.0 Å². The largest absolute Gasteiger partial charge is 0.478 e. The summed E-state index contributed by atoms with van der Waals surface area (Å²) in [6, 6.07) is 0.215. The Balaban J connectivity index is 1.87. The Labute approximate surface area is 89.5 Å². The first-order valence-electron chi connectivity index (χ1n) is 5.39. The molecule has 2 saturated heterocycles. The minimum atomic E-state index is -0.871. The van der Waals surface area contributed by atoms with Gasteiger partial charge in [0, 0.05) is 37.0 Å². The average molecular weight is 211 g/mol. The van der Waals surface area contributed by atoms with Crippen LogP contribution < -0.4 is 0 Å². The van der Waals surface area contributed by atoms with E-state index in [4.69, 9.17) is 9.84 Å². The van der Waals surface area contributed by atoms with E-state index >= 15 is 0 Å². The fourth-order valence-corrected chi connectivity index (χ4v) is 2.40. The molecule has 0 aromatic rings. The summed E-state index contributed by atoms with van der Waals surface area (Å²) in [6.07, 6.45) is 2.99. The van der Waals surface area contributed by atoms with E-state index in [9.17, 15) is 4.79 Å². The highest BCUT2D eigenvalue weighted by molar-refractivity contribution is 5.79. The molecule has 2 rings (SSSR count). The Bertz CT molecular complexity index is 265. The molecule has 2 aliphatic heterocycles. The number of carbonyl (C=O) groups is 1. The van der Waals surface area contributed by atoms with Gasteiger partial charge < -0.3 is 9.84 Å². The fourth-order valence-electron chi connectivity index (χ4n) is 2.40. The van der Waals surface area contributed by atoms with E-state index in [1.807, 2.05) is 6.92 Å². The molecular weight excluding hydrogens is 194 g/mol. The Hall–Kier alpha value is -0.870. The van der Waals surface area contributed by atoms with E-state index in [0.29, 0.717) is 11.8 Å². The van der Waals surface area contributed by atoms with Crippen molar-refractivity contribution in [3.63, 3.8) is 0 Å². The number of fused-ring (bicyclic) bond motifs is 1. The molecule has 1 N–H and O–H groups in total. The van der Waals surface area contributed by atoms with Crippen LogP contribution in [0.25, 0.3) is 0 Å². The second kappa shape index (κ2) is 4.33. The van der Waals surface area contributed by atoms with Gasteiger partial charge in [0.15, 0.2) is 0 Å². The summed E-state index contributed by atoms with van der Waals surface area (Å²) in [7, 11) is 0. The maximum atomic E-state index is 10.4. The molecular formula is C11H17NO3. The van der Waals surface area contributed by atoms with Gasteiger partial charge in [-0.2, -0.15) is 0 Å². The maximum Gasteiger partial charge on any atom is 0.328 e. The summed E-state index contributed by atoms with van der Waals surface area (Å²) in [5.74, 6) is 0.445. The molecule has 2 aliphatic rings. The summed E-state index contributed by atoms with van der Waals surface area (Å²) in [5, 5.41) is 8.54. The molecule has 0 aliphatic carbocycles. The SMILES string of the molecule is CC(/C=C/C(=O)O)N1C[C@H]2COC[C@H]2C1. The van der Waals surface area contributed by atoms with Crippen LogP contribution in [-0.4, -0.2) is 48.3 Å². The Morgan fingerprint density at radius 2 is 2.07 bits per heavy atom. The van der Waals surface area contributed by atoms with Crippen LogP contribution in [0.2, 0.25) is 0 Å². The van der Waals surface area contributed by atoms with Crippen molar-refractivity contribution in [3.05, 3.63) is 12.2 Å². The molecule has 0 amide bonds. The summed E-state index contributed by atoms with van der Waals surface area (Å²) in [4.78, 5) is 12.7. The first kappa shape index (κ1) is 10.6. The third-order valence-electron chi connectivity index (χ3n) is 3.36. The van der Waals surface area contributed by atoms with Gasteiger partial charge in [0.05, 0.1) is 13.2 Å². The fraction of sp³-hybridized carbons (Fsp3) is 0.727. The quantitative estimate of drug-likeness (QED) is 0.694. The van der Waals surface area contributed by atoms with E-state index in [-0.39, 0.29) is 6.04 Å². The van der Waals surface area contributed by atoms with Gasteiger partial charge in [0.1, 0.15) is 0 Å². The topological polar surface area (TPSA) is 49.8 Å². The Kier molecular flexibility index (Phi) is 3.07. The van der Waals surface area contributed by atoms with Gasteiger partial charge >= 0.3 is 5.97 Å². The molecule has 4 heteroatoms. The molecule has 3 atom stereocenters. The zero-order valence-corrected chi connectivity index (χ0v) is 8.93. The Morgan fingerprint density at radius 3 is 2.60 bits per heavy atom. The van der Waals surface area contributed by atoms with Gasteiger partial charge in [0.2, 0.25) is 0 Å². The Morgan fingerprint density at radius 1 is 1.47 bits per heavy atom. The molecule has 1 unspecified atom stereocenters. The number of nitrogens with zero attached hydrogens (tertiary/aromatic N) is 1. The van der Waals surface area contributed by atoms with Crippen LogP contribution in [0, 0.1) is 11.8 Å². The molecule has 0 aromatic heterocycles. The minimum Gasteiger partial charge on any atom is -0.478 e. The van der Waals surface area contributed by atoms with Crippen molar-refractivity contribution in [1.29, 1.82) is 0 Å². The van der Waals surface area contributed by atoms with Gasteiger partial charge in [-0.15, -0.1) is 0 Å². The number of likely N-dealkylation sites (tertiary alicyclic amines) is 1. The van der Waals surface area contributed by atoms with Gasteiger partial charge in [0.25, 0.3) is 0 Å². The van der Waals surface area contributed by atoms with Gasteiger partial charge in [-0.25, -0.2) is 4.79 Å². The van der Waals surface area contributed by atoms with E-state index in [1.54, 1.807) is 6.08 Å². The summed E-state index contributed by atoms with van der Waals surface area (Å²) < 4.78 is 5.40. The third kappa shape index (κ3) is 2.38. The molecule has 0 saturated carbocycles. The summed E-state index contributed by atoms with van der Waals surface area (Å²) in [6.45, 7) is 5.86. The number of rotatable bonds is 3. The van der Waals surface area contributed by atoms with Gasteiger partial charge in [-0.3, -0.25) is 4.90 Å². The number of carboxylic acid groups (broad SMARTS) is 1. The highest BCUT2D eigenvalue weighted by Crippen LogP contribution is 2.30. The van der Waals surface area contributed by atoms with Crippen LogP contribution in [-0.2, 0) is 9.53 Å². The van der Waals surface area contributed by atoms with Crippen molar-refractivity contribution in [1.82, 2.24) is 4.90 Å². The molecule has 0 bridgehead atoms. The number of hydrogen-bond donors (Lipinski definition) is 1. The van der Waals surface area contributed by atoms with Crippen molar-refractivity contribution in [3.8, 4) is 0 Å². The average Bonchev–Trinajstić information content (AvgIpc) is 2.72. The number of carboxylic acids is 1. The van der Waals surface area contributed by atoms with E-state index in [0.717, 1.165) is 26.3 Å². The minimum absolute atomic E-state index is 0.215. The lowest BCUT2D eigenvalue weighted by Crippen LogP contribution is -2.31. The van der Waals surface area contributed by atoms with Crippen LogP contribution in [0.3, 0.4) is 0 Å². The maximum absolute atomic E-state index is 10.4. The van der Waals surface area contributed by atoms with Crippen LogP contribution in [0.1, 0.15) is 6.92 Å². The van der Waals surface area contributed by atoms with E-state index in [1.165, 1.54) is 6.08 Å². The first-order chi connectivity index (χ1) is 7.16. The van der Waals surface area contributed by atoms with Crippen LogP contribution in [0.5, 0.6) is 0 Å². The zero-order chi connectivity index (χ0) is 10.8. The first-order valence-corrected chi connectivity index (χ1v) is 5.39. The van der Waals surface area contributed by atoms with Crippen molar-refractivity contribution < 1.29 is 14.6 Å². The number of aliphatic carboxylic acids is 1. The highest BCUT2D eigenvalue weighted by Gasteiger charge is 2.38. The monoisotopic (exact) mass is 211 g/mol. The molecule has 0 spiro atoms. The molecule has 4 nitrogen and oxygen atoms in total. The highest BCUT2D eigenvalue weighted by atomic mass is 16.5. The van der Waals surface area contributed by atoms with Gasteiger partial charge in [-0.05, 0) is 6.92 Å². The second-order valence-corrected chi connectivity index (χ2v) is 4.45. The molecule has 84 valence electrons. The lowest BCUT2D eigenvalue weighted by Gasteiger charge is -2.21. The second-order valence-electron chi connectivity index (χ2n) is 4.45. The third-order valence-corrected chi connectivity index (χ3v) is 3.36. The van der Waals surface area contributed by atoms with Gasteiger partial charge in [-0.1, -0.05) is 6.08 Å². The molecule has 0 radical (unpaired) electrons. The van der Waals surface area contributed by atoms with Crippen molar-refractivity contribution >= 4 is 5.97 Å². The smallest absolute Gasteiger partial charge is 0.328 e. The number of hydrogen-bond acceptors (Lipinski definition) is 3. The lowest BCUT2D eigenvalue weighted by atomic mass is 10.0. The molecule has 0 aromatic carbocycles. The number of ether oxygens (including phenoxy) is 1. The van der Waals surface area contributed by atoms with E-state index in [2.05, 4.69) is 4.90 Å². The standard InChI is InChI=1S/C11H17NO3/c1-8(2-3-11(13)14)12-4-9-6-15-7-10(9)5-12/h2-3,8-10H,4-7H2,1H3,(H,13,14)/b3-2+/t8?,9-,10+. The molecule has 15 heavy (non-hydrogen) atoms. The normalized spacial score (nSPS) is 33.4. The predicted molar refractivity (Wildman–Crippen MR) is 55.6 cm³/mol. The zero-order valence-electron chi connectivity index (χ0n) is 8.93. The predicted octanol–water partition coefficient (Wildman–Crippen LogP) is 0.594. The van der Waals surface area contributed by atoms with Crippen molar-refractivity contribution in [2.24, 2.45) is 11.8 Å². The van der Waals surface area contributed by atoms with Crippen LogP contribution >= 0.6 is 0 Å². The van der Waals surface area contributed by atoms with Crippen LogP contribution in [0.15, 0.2) is 12.2 Å². The summed E-state index contributed by atoms with van der Waals surface area (Å²) >= 11 is 0. The molecule has 2 heterocycles. The summed E-state index contributed by atoms with van der Waals surface area (Å²) in [5.41, 5.74) is 0. The lowest BCUT2D eigenvalue weighted by molar-refractivity contribution is -0.131. The molecule has 2 fully saturated rings. The van der Waals surface area contributed by atoms with E-state index < -0.39 is 5.97 Å². The van der Waals surface area contributed by atoms with Crippen LogP contribution in [0.4, 0.5) is 0 Å².